The lowest BCUT2D eigenvalue weighted by molar-refractivity contribution is -0.137. The molecular formula is C19H16F3N3O2. The van der Waals surface area contributed by atoms with E-state index in [1.165, 1.54) is 16.8 Å². The fourth-order valence-corrected chi connectivity index (χ4v) is 2.58. The number of benzene rings is 2. The van der Waals surface area contributed by atoms with Gasteiger partial charge in [0.2, 0.25) is 5.88 Å². The summed E-state index contributed by atoms with van der Waals surface area (Å²) in [6.07, 6.45) is -4.49. The molecule has 3 rings (SSSR count). The number of alkyl halides is 3. The first-order valence-corrected chi connectivity index (χ1v) is 8.01. The summed E-state index contributed by atoms with van der Waals surface area (Å²) in [6, 6.07) is 13.2. The average molecular weight is 375 g/mol. The van der Waals surface area contributed by atoms with Gasteiger partial charge >= 0.3 is 6.18 Å². The van der Waals surface area contributed by atoms with E-state index in [0.29, 0.717) is 11.4 Å². The van der Waals surface area contributed by atoms with Gasteiger partial charge in [0.05, 0.1) is 11.3 Å². The normalized spacial score (nSPS) is 11.3. The number of para-hydroxylation sites is 1. The van der Waals surface area contributed by atoms with Crippen molar-refractivity contribution in [3.8, 4) is 11.6 Å². The maximum Gasteiger partial charge on any atom is 0.416 e. The highest BCUT2D eigenvalue weighted by Crippen LogP contribution is 2.34. The van der Waals surface area contributed by atoms with Crippen LogP contribution in [0.5, 0.6) is 11.6 Å². The number of hydrogen-bond acceptors (Lipinski definition) is 3. The molecule has 1 N–H and O–H groups in total. The lowest BCUT2D eigenvalue weighted by Gasteiger charge is -2.12. The van der Waals surface area contributed by atoms with Crippen molar-refractivity contribution in [1.29, 1.82) is 0 Å². The minimum atomic E-state index is -4.49. The largest absolute Gasteiger partial charge is 0.438 e. The molecule has 0 aliphatic heterocycles. The Morgan fingerprint density at radius 1 is 1.11 bits per heavy atom. The van der Waals surface area contributed by atoms with Crippen molar-refractivity contribution >= 4 is 11.6 Å². The van der Waals surface area contributed by atoms with E-state index in [2.05, 4.69) is 10.4 Å². The summed E-state index contributed by atoms with van der Waals surface area (Å²) >= 11 is 0. The number of anilines is 1. The summed E-state index contributed by atoms with van der Waals surface area (Å²) in [6.45, 7) is 1.62. The third-order valence-electron chi connectivity index (χ3n) is 3.80. The zero-order valence-electron chi connectivity index (χ0n) is 14.5. The van der Waals surface area contributed by atoms with E-state index in [9.17, 15) is 18.0 Å². The van der Waals surface area contributed by atoms with Crippen molar-refractivity contribution in [2.24, 2.45) is 7.05 Å². The monoisotopic (exact) mass is 375 g/mol. The van der Waals surface area contributed by atoms with Crippen LogP contribution in [0.25, 0.3) is 0 Å². The average Bonchev–Trinajstić information content (AvgIpc) is 2.89. The molecule has 3 aromatic rings. The smallest absolute Gasteiger partial charge is 0.416 e. The molecule has 1 amide bonds. The van der Waals surface area contributed by atoms with Crippen molar-refractivity contribution in [1.82, 2.24) is 9.78 Å². The van der Waals surface area contributed by atoms with E-state index >= 15 is 0 Å². The van der Waals surface area contributed by atoms with Crippen LogP contribution in [0.15, 0.2) is 54.6 Å². The highest BCUT2D eigenvalue weighted by atomic mass is 19.4. The number of rotatable bonds is 4. The van der Waals surface area contributed by atoms with E-state index in [0.717, 1.165) is 12.1 Å². The molecule has 140 valence electrons. The van der Waals surface area contributed by atoms with E-state index in [1.54, 1.807) is 38.2 Å². The highest BCUT2D eigenvalue weighted by Gasteiger charge is 2.31. The lowest BCUT2D eigenvalue weighted by Crippen LogP contribution is -2.13. The van der Waals surface area contributed by atoms with E-state index in [4.69, 9.17) is 4.74 Å². The van der Waals surface area contributed by atoms with Crippen molar-refractivity contribution in [3.05, 3.63) is 71.4 Å². The van der Waals surface area contributed by atoms with Crippen LogP contribution in [0.4, 0.5) is 18.9 Å². The molecule has 0 saturated heterocycles. The van der Waals surface area contributed by atoms with Gasteiger partial charge in [0, 0.05) is 12.7 Å². The predicted octanol–water partition coefficient (Wildman–Crippen LogP) is 4.79. The Labute approximate surface area is 153 Å². The Bertz CT molecular complexity index is 966. The predicted molar refractivity (Wildman–Crippen MR) is 93.9 cm³/mol. The Morgan fingerprint density at radius 3 is 2.48 bits per heavy atom. The summed E-state index contributed by atoms with van der Waals surface area (Å²) in [5, 5.41) is 6.87. The van der Waals surface area contributed by atoms with Crippen LogP contribution in [0.3, 0.4) is 0 Å². The number of carbonyl (C=O) groups is 1. The van der Waals surface area contributed by atoms with Crippen LogP contribution in [-0.4, -0.2) is 15.7 Å². The molecule has 8 heteroatoms. The maximum atomic E-state index is 12.9. The van der Waals surface area contributed by atoms with Gasteiger partial charge in [-0.3, -0.25) is 4.79 Å². The van der Waals surface area contributed by atoms with Crippen LogP contribution in [0.2, 0.25) is 0 Å². The number of nitrogens with one attached hydrogen (secondary N) is 1. The van der Waals surface area contributed by atoms with E-state index in [1.807, 2.05) is 6.07 Å². The molecule has 0 aliphatic rings. The number of ether oxygens (including phenoxy) is 1. The van der Waals surface area contributed by atoms with Gasteiger partial charge in [0.15, 0.2) is 0 Å². The number of carbonyl (C=O) groups excluding carboxylic acids is 1. The fraction of sp³-hybridized carbons (Fsp3) is 0.158. The summed E-state index contributed by atoms with van der Waals surface area (Å²) in [5.41, 5.74) is 0.289. The molecule has 27 heavy (non-hydrogen) atoms. The first-order chi connectivity index (χ1) is 12.8. The highest BCUT2D eigenvalue weighted by molar-refractivity contribution is 6.06. The topological polar surface area (TPSA) is 56.2 Å². The molecule has 0 radical (unpaired) electrons. The zero-order valence-corrected chi connectivity index (χ0v) is 14.5. The van der Waals surface area contributed by atoms with Gasteiger partial charge in [-0.1, -0.05) is 24.3 Å². The second-order valence-electron chi connectivity index (χ2n) is 5.84. The van der Waals surface area contributed by atoms with E-state index < -0.39 is 17.6 Å². The van der Waals surface area contributed by atoms with Crippen molar-refractivity contribution in [2.45, 2.75) is 13.1 Å². The van der Waals surface area contributed by atoms with Crippen molar-refractivity contribution in [3.63, 3.8) is 0 Å². The molecule has 5 nitrogen and oxygen atoms in total. The van der Waals surface area contributed by atoms with Gasteiger partial charge in [-0.15, -0.1) is 0 Å². The summed E-state index contributed by atoms with van der Waals surface area (Å²) < 4.78 is 45.6. The Kier molecular flexibility index (Phi) is 4.89. The summed E-state index contributed by atoms with van der Waals surface area (Å²) in [4.78, 5) is 12.7. The molecule has 0 spiro atoms. The number of aryl methyl sites for hydroxylation is 2. The molecule has 1 heterocycles. The first-order valence-electron chi connectivity index (χ1n) is 8.01. The molecule has 2 aromatic carbocycles. The van der Waals surface area contributed by atoms with E-state index in [-0.39, 0.29) is 17.2 Å². The molecule has 0 bridgehead atoms. The van der Waals surface area contributed by atoms with Crippen molar-refractivity contribution < 1.29 is 22.7 Å². The van der Waals surface area contributed by atoms with Gasteiger partial charge in [-0.2, -0.15) is 18.3 Å². The summed E-state index contributed by atoms with van der Waals surface area (Å²) in [7, 11) is 1.55. The Morgan fingerprint density at radius 2 is 1.81 bits per heavy atom. The fourth-order valence-electron chi connectivity index (χ4n) is 2.58. The second kappa shape index (κ2) is 7.14. The molecule has 0 aliphatic carbocycles. The van der Waals surface area contributed by atoms with Gasteiger partial charge in [0.1, 0.15) is 11.3 Å². The van der Waals surface area contributed by atoms with Crippen LogP contribution in [-0.2, 0) is 13.2 Å². The standard InChI is InChI=1S/C19H16F3N3O2/c1-12-16(17(26)23-14-8-4-3-5-9-14)18(25(2)24-12)27-15-10-6-7-13(11-15)19(20,21)22/h3-11H,1-2H3,(H,23,26). The quantitative estimate of drug-likeness (QED) is 0.713. The SMILES string of the molecule is Cc1nn(C)c(Oc2cccc(C(F)(F)F)c2)c1C(=O)Nc1ccccc1. The van der Waals surface area contributed by atoms with Gasteiger partial charge in [0.25, 0.3) is 5.91 Å². The Hall–Kier alpha value is -3.29. The number of halogens is 3. The van der Waals surface area contributed by atoms with Crippen LogP contribution in [0.1, 0.15) is 21.6 Å². The second-order valence-corrected chi connectivity index (χ2v) is 5.84. The minimum absolute atomic E-state index is 0.0402. The molecule has 1 aromatic heterocycles. The lowest BCUT2D eigenvalue weighted by atomic mass is 10.2. The van der Waals surface area contributed by atoms with Gasteiger partial charge < -0.3 is 10.1 Å². The number of nitrogens with zero attached hydrogens (tertiary/aromatic N) is 2. The summed E-state index contributed by atoms with van der Waals surface area (Å²) in [5.74, 6) is -0.449. The third-order valence-corrected chi connectivity index (χ3v) is 3.80. The van der Waals surface area contributed by atoms with Gasteiger partial charge in [-0.05, 0) is 37.3 Å². The Balaban J connectivity index is 1.92. The number of amides is 1. The van der Waals surface area contributed by atoms with Crippen LogP contribution < -0.4 is 10.1 Å². The minimum Gasteiger partial charge on any atom is -0.438 e. The first kappa shape index (κ1) is 18.5. The molecular weight excluding hydrogens is 359 g/mol. The van der Waals surface area contributed by atoms with Crippen molar-refractivity contribution in [2.75, 3.05) is 5.32 Å². The zero-order chi connectivity index (χ0) is 19.6. The number of hydrogen-bond donors (Lipinski definition) is 1. The van der Waals surface area contributed by atoms with Crippen LogP contribution >= 0.6 is 0 Å². The van der Waals surface area contributed by atoms with Crippen LogP contribution in [0, 0.1) is 6.92 Å². The maximum absolute atomic E-state index is 12.9. The molecule has 0 atom stereocenters. The number of aromatic nitrogens is 2. The van der Waals surface area contributed by atoms with Gasteiger partial charge in [-0.25, -0.2) is 4.68 Å². The third kappa shape index (κ3) is 4.11. The molecule has 0 saturated carbocycles. The molecule has 0 fully saturated rings. The molecule has 0 unspecified atom stereocenters.